The minimum atomic E-state index is -3.87. The van der Waals surface area contributed by atoms with Crippen LogP contribution >= 0.6 is 0 Å². The largest absolute Gasteiger partial charge is 0.475 e. The highest BCUT2D eigenvalue weighted by Crippen LogP contribution is 2.33. The van der Waals surface area contributed by atoms with E-state index in [2.05, 4.69) is 0 Å². The highest BCUT2D eigenvalue weighted by atomic mass is 32.2. The number of nitrogens with zero attached hydrogens (tertiary/aromatic N) is 2. The van der Waals surface area contributed by atoms with Crippen molar-refractivity contribution < 1.29 is 27.5 Å². The SMILES string of the molecule is COC(=O)[C@H]1CN(C(=O)CN(C)S(=O)(=O)c2cc(C)ccc2C)c2ccccc2O1. The minimum Gasteiger partial charge on any atom is -0.475 e. The molecule has 1 aliphatic heterocycles. The third-order valence-corrected chi connectivity index (χ3v) is 6.87. The van der Waals surface area contributed by atoms with Crippen molar-refractivity contribution in [2.45, 2.75) is 24.8 Å². The summed E-state index contributed by atoms with van der Waals surface area (Å²) in [5.41, 5.74) is 1.88. The molecular weight excluding hydrogens is 408 g/mol. The molecule has 9 heteroatoms. The minimum absolute atomic E-state index is 0.0696. The Labute approximate surface area is 176 Å². The van der Waals surface area contributed by atoms with Crippen LogP contribution in [0.15, 0.2) is 47.4 Å². The molecule has 0 saturated heterocycles. The monoisotopic (exact) mass is 432 g/mol. The van der Waals surface area contributed by atoms with Crippen LogP contribution in [0.5, 0.6) is 5.75 Å². The summed E-state index contributed by atoms with van der Waals surface area (Å²) in [6.07, 6.45) is -0.991. The second-order valence-electron chi connectivity index (χ2n) is 7.13. The lowest BCUT2D eigenvalue weighted by molar-refractivity contribution is -0.148. The van der Waals surface area contributed by atoms with E-state index < -0.39 is 34.5 Å². The van der Waals surface area contributed by atoms with Crippen molar-refractivity contribution in [1.29, 1.82) is 0 Å². The van der Waals surface area contributed by atoms with Gasteiger partial charge in [-0.2, -0.15) is 4.31 Å². The number of anilines is 1. The van der Waals surface area contributed by atoms with Crippen LogP contribution < -0.4 is 9.64 Å². The van der Waals surface area contributed by atoms with Gasteiger partial charge < -0.3 is 14.4 Å². The number of amides is 1. The van der Waals surface area contributed by atoms with Gasteiger partial charge in [0.1, 0.15) is 5.75 Å². The summed E-state index contributed by atoms with van der Waals surface area (Å²) in [5.74, 6) is -0.734. The van der Waals surface area contributed by atoms with E-state index in [1.807, 2.05) is 6.07 Å². The summed E-state index contributed by atoms with van der Waals surface area (Å²) >= 11 is 0. The molecule has 2 aromatic rings. The molecule has 30 heavy (non-hydrogen) atoms. The fourth-order valence-corrected chi connectivity index (χ4v) is 4.66. The number of hydrogen-bond acceptors (Lipinski definition) is 6. The molecule has 1 aliphatic rings. The number of methoxy groups -OCH3 is 1. The standard InChI is InChI=1S/C21H24N2O6S/c1-14-9-10-15(2)19(11-14)30(26,27)22(3)13-20(24)23-12-18(21(25)28-4)29-17-8-6-5-7-16(17)23/h5-11,18H,12-13H2,1-4H3/t18-/m1/s1. The first-order chi connectivity index (χ1) is 14.1. The number of carbonyl (C=O) groups is 2. The maximum absolute atomic E-state index is 13.1. The summed E-state index contributed by atoms with van der Waals surface area (Å²) in [7, 11) is -1.28. The normalized spacial score (nSPS) is 16.0. The van der Waals surface area contributed by atoms with Crippen molar-refractivity contribution >= 4 is 27.6 Å². The van der Waals surface area contributed by atoms with Crippen molar-refractivity contribution in [2.75, 3.05) is 32.1 Å². The zero-order valence-electron chi connectivity index (χ0n) is 17.3. The molecule has 1 atom stereocenters. The lowest BCUT2D eigenvalue weighted by Crippen LogP contribution is -2.50. The molecule has 160 valence electrons. The second kappa shape index (κ2) is 8.45. The predicted molar refractivity (Wildman–Crippen MR) is 111 cm³/mol. The molecule has 1 heterocycles. The molecule has 0 saturated carbocycles. The van der Waals surface area contributed by atoms with Gasteiger partial charge >= 0.3 is 5.97 Å². The molecule has 0 N–H and O–H groups in total. The molecular formula is C21H24N2O6S. The Bertz CT molecular complexity index is 1080. The van der Waals surface area contributed by atoms with Gasteiger partial charge in [0.2, 0.25) is 22.0 Å². The van der Waals surface area contributed by atoms with E-state index in [0.29, 0.717) is 17.0 Å². The molecule has 0 fully saturated rings. The number of benzene rings is 2. The average molecular weight is 432 g/mol. The van der Waals surface area contributed by atoms with E-state index in [1.165, 1.54) is 19.1 Å². The number of likely N-dealkylation sites (N-methyl/N-ethyl adjacent to an activating group) is 1. The van der Waals surface area contributed by atoms with E-state index in [0.717, 1.165) is 9.87 Å². The van der Waals surface area contributed by atoms with E-state index in [9.17, 15) is 18.0 Å². The summed E-state index contributed by atoms with van der Waals surface area (Å²) < 4.78 is 37.5. The molecule has 0 unspecified atom stereocenters. The zero-order chi connectivity index (χ0) is 22.1. The number of carbonyl (C=O) groups excluding carboxylic acids is 2. The Kier molecular flexibility index (Phi) is 6.14. The van der Waals surface area contributed by atoms with Crippen molar-refractivity contribution in [3.8, 4) is 5.75 Å². The third kappa shape index (κ3) is 4.17. The maximum atomic E-state index is 13.1. The first-order valence-corrected chi connectivity index (χ1v) is 10.8. The highest BCUT2D eigenvalue weighted by Gasteiger charge is 2.36. The third-order valence-electron chi connectivity index (χ3n) is 4.93. The Balaban J connectivity index is 1.87. The van der Waals surface area contributed by atoms with Crippen molar-refractivity contribution in [1.82, 2.24) is 4.31 Å². The molecule has 0 spiro atoms. The zero-order valence-corrected chi connectivity index (χ0v) is 18.1. The Morgan fingerprint density at radius 1 is 1.20 bits per heavy atom. The van der Waals surface area contributed by atoms with E-state index >= 15 is 0 Å². The first-order valence-electron chi connectivity index (χ1n) is 9.32. The molecule has 2 aromatic carbocycles. The number of fused-ring (bicyclic) bond motifs is 1. The lowest BCUT2D eigenvalue weighted by Gasteiger charge is -2.34. The molecule has 0 radical (unpaired) electrons. The lowest BCUT2D eigenvalue weighted by atomic mass is 10.2. The van der Waals surface area contributed by atoms with Gasteiger partial charge in [-0.1, -0.05) is 24.3 Å². The van der Waals surface area contributed by atoms with Crippen LogP contribution in [0, 0.1) is 13.8 Å². The Hall–Kier alpha value is -2.91. The van der Waals surface area contributed by atoms with Gasteiger partial charge in [-0.3, -0.25) is 4.79 Å². The number of ether oxygens (including phenoxy) is 2. The van der Waals surface area contributed by atoms with Crippen LogP contribution in [0.4, 0.5) is 5.69 Å². The van der Waals surface area contributed by atoms with Gasteiger partial charge in [0.05, 0.1) is 30.8 Å². The van der Waals surface area contributed by atoms with Crippen LogP contribution in [-0.4, -0.2) is 58.0 Å². The maximum Gasteiger partial charge on any atom is 0.348 e. The smallest absolute Gasteiger partial charge is 0.348 e. The van der Waals surface area contributed by atoms with Gasteiger partial charge in [0.25, 0.3) is 0 Å². The fourth-order valence-electron chi connectivity index (χ4n) is 3.24. The molecule has 0 aliphatic carbocycles. The van der Waals surface area contributed by atoms with E-state index in [1.54, 1.807) is 50.2 Å². The molecule has 3 rings (SSSR count). The Morgan fingerprint density at radius 2 is 1.90 bits per heavy atom. The fraction of sp³-hybridized carbons (Fsp3) is 0.333. The summed E-state index contributed by atoms with van der Waals surface area (Å²) in [6.45, 7) is 3.06. The summed E-state index contributed by atoms with van der Waals surface area (Å²) in [4.78, 5) is 26.6. The quantitative estimate of drug-likeness (QED) is 0.670. The predicted octanol–water partition coefficient (Wildman–Crippen LogP) is 1.89. The van der Waals surface area contributed by atoms with Gasteiger partial charge in [0, 0.05) is 7.05 Å². The van der Waals surface area contributed by atoms with Gasteiger partial charge in [-0.15, -0.1) is 0 Å². The van der Waals surface area contributed by atoms with Crippen molar-refractivity contribution in [3.63, 3.8) is 0 Å². The average Bonchev–Trinajstić information content (AvgIpc) is 2.73. The number of aryl methyl sites for hydroxylation is 2. The van der Waals surface area contributed by atoms with Crippen LogP contribution in [0.3, 0.4) is 0 Å². The van der Waals surface area contributed by atoms with Gasteiger partial charge in [0.15, 0.2) is 0 Å². The molecule has 0 aromatic heterocycles. The van der Waals surface area contributed by atoms with Crippen LogP contribution in [0.25, 0.3) is 0 Å². The topological polar surface area (TPSA) is 93.2 Å². The molecule has 1 amide bonds. The van der Waals surface area contributed by atoms with Crippen LogP contribution in [-0.2, 0) is 24.3 Å². The number of hydrogen-bond donors (Lipinski definition) is 0. The van der Waals surface area contributed by atoms with Gasteiger partial charge in [-0.05, 0) is 43.2 Å². The van der Waals surface area contributed by atoms with E-state index in [-0.39, 0.29) is 11.4 Å². The van der Waals surface area contributed by atoms with E-state index in [4.69, 9.17) is 9.47 Å². The number of sulfonamides is 1. The number of esters is 1. The number of rotatable bonds is 5. The Morgan fingerprint density at radius 3 is 2.60 bits per heavy atom. The van der Waals surface area contributed by atoms with Crippen LogP contribution in [0.1, 0.15) is 11.1 Å². The summed E-state index contributed by atoms with van der Waals surface area (Å²) in [5, 5.41) is 0. The molecule has 8 nitrogen and oxygen atoms in total. The van der Waals surface area contributed by atoms with Crippen molar-refractivity contribution in [2.24, 2.45) is 0 Å². The second-order valence-corrected chi connectivity index (χ2v) is 9.15. The van der Waals surface area contributed by atoms with Crippen LogP contribution in [0.2, 0.25) is 0 Å². The number of para-hydroxylation sites is 2. The summed E-state index contributed by atoms with van der Waals surface area (Å²) in [6, 6.07) is 11.9. The molecule has 0 bridgehead atoms. The first kappa shape index (κ1) is 21.8. The van der Waals surface area contributed by atoms with Gasteiger partial charge in [-0.25, -0.2) is 13.2 Å². The highest BCUT2D eigenvalue weighted by molar-refractivity contribution is 7.89. The van der Waals surface area contributed by atoms with Crippen molar-refractivity contribution in [3.05, 3.63) is 53.6 Å².